The Morgan fingerprint density at radius 2 is 1.68 bits per heavy atom. The van der Waals surface area contributed by atoms with Gasteiger partial charge in [0.15, 0.2) is 0 Å². The van der Waals surface area contributed by atoms with Gasteiger partial charge in [-0.3, -0.25) is 5.21 Å². The molecule has 0 heterocycles. The van der Waals surface area contributed by atoms with Gasteiger partial charge in [-0.1, -0.05) is 39.5 Å². The van der Waals surface area contributed by atoms with E-state index in [1.165, 1.54) is 25.7 Å². The molecule has 1 amide bonds. The smallest absolute Gasteiger partial charge is 0.434 e. The summed E-state index contributed by atoms with van der Waals surface area (Å²) in [5.74, 6) is 0.710. The maximum Gasteiger partial charge on any atom is 0.434 e. The van der Waals surface area contributed by atoms with Crippen molar-refractivity contribution in [2.75, 3.05) is 6.54 Å². The summed E-state index contributed by atoms with van der Waals surface area (Å²) in [6.45, 7) is 10.1. The summed E-state index contributed by atoms with van der Waals surface area (Å²) < 4.78 is 5.09. The van der Waals surface area contributed by atoms with Gasteiger partial charge in [0, 0.05) is 0 Å². The van der Waals surface area contributed by atoms with Crippen LogP contribution in [0.3, 0.4) is 0 Å². The highest BCUT2D eigenvalue weighted by molar-refractivity contribution is 5.66. The van der Waals surface area contributed by atoms with E-state index in [2.05, 4.69) is 13.8 Å². The quantitative estimate of drug-likeness (QED) is 0.519. The minimum atomic E-state index is -0.657. The van der Waals surface area contributed by atoms with Gasteiger partial charge in [0.2, 0.25) is 0 Å². The zero-order chi connectivity index (χ0) is 14.9. The summed E-state index contributed by atoms with van der Waals surface area (Å²) in [5, 5.41) is 10.3. The second kappa shape index (κ2) is 9.18. The minimum Gasteiger partial charge on any atom is -0.442 e. The molecule has 0 fully saturated rings. The number of amides is 1. The fourth-order valence-corrected chi connectivity index (χ4v) is 2.19. The minimum absolute atomic E-state index is 0.346. The molecule has 0 spiro atoms. The molecule has 0 atom stereocenters. The summed E-state index contributed by atoms with van der Waals surface area (Å²) in [6.07, 6.45) is 6.06. The highest BCUT2D eigenvalue weighted by atomic mass is 16.6. The molecule has 4 nitrogen and oxygen atoms in total. The lowest BCUT2D eigenvalue weighted by atomic mass is 9.93. The van der Waals surface area contributed by atoms with E-state index < -0.39 is 11.7 Å². The summed E-state index contributed by atoms with van der Waals surface area (Å²) in [7, 11) is 0. The zero-order valence-corrected chi connectivity index (χ0v) is 13.2. The molecule has 19 heavy (non-hydrogen) atoms. The van der Waals surface area contributed by atoms with Crippen LogP contribution in [0.15, 0.2) is 0 Å². The molecule has 0 aliphatic rings. The summed E-state index contributed by atoms with van der Waals surface area (Å²) in [4.78, 5) is 11.5. The van der Waals surface area contributed by atoms with Crippen LogP contribution < -0.4 is 0 Å². The molecule has 0 aliphatic carbocycles. The van der Waals surface area contributed by atoms with Crippen LogP contribution in [0.25, 0.3) is 0 Å². The third-order valence-electron chi connectivity index (χ3n) is 2.98. The molecule has 0 aliphatic heterocycles. The average Bonchev–Trinajstić information content (AvgIpc) is 2.27. The van der Waals surface area contributed by atoms with Crippen LogP contribution in [0.2, 0.25) is 0 Å². The highest BCUT2D eigenvalue weighted by Gasteiger charge is 2.20. The first kappa shape index (κ1) is 18.2. The Hall–Kier alpha value is -0.770. The third kappa shape index (κ3) is 9.77. The van der Waals surface area contributed by atoms with Crippen LogP contribution in [0.4, 0.5) is 4.79 Å². The molecular formula is C15H31NO3. The lowest BCUT2D eigenvalue weighted by Crippen LogP contribution is -2.35. The van der Waals surface area contributed by atoms with Crippen molar-refractivity contribution in [3.8, 4) is 0 Å². The molecule has 4 heteroatoms. The molecule has 0 aromatic rings. The normalized spacial score (nSPS) is 11.7. The third-order valence-corrected chi connectivity index (χ3v) is 2.98. The van der Waals surface area contributed by atoms with Gasteiger partial charge in [0.05, 0.1) is 6.54 Å². The monoisotopic (exact) mass is 273 g/mol. The predicted octanol–water partition coefficient (Wildman–Crippen LogP) is 4.61. The van der Waals surface area contributed by atoms with Crippen LogP contribution in [-0.4, -0.2) is 28.5 Å². The van der Waals surface area contributed by atoms with Gasteiger partial charge in [0.1, 0.15) is 5.60 Å². The highest BCUT2D eigenvalue weighted by Crippen LogP contribution is 2.19. The van der Waals surface area contributed by atoms with Gasteiger partial charge in [0.25, 0.3) is 0 Å². The van der Waals surface area contributed by atoms with Gasteiger partial charge < -0.3 is 4.74 Å². The molecule has 0 saturated carbocycles. The topological polar surface area (TPSA) is 49.8 Å². The molecular weight excluding hydrogens is 242 g/mol. The van der Waals surface area contributed by atoms with Gasteiger partial charge in [-0.15, -0.1) is 0 Å². The van der Waals surface area contributed by atoms with Crippen molar-refractivity contribution in [1.29, 1.82) is 0 Å². The average molecular weight is 273 g/mol. The van der Waals surface area contributed by atoms with E-state index in [-0.39, 0.29) is 0 Å². The van der Waals surface area contributed by atoms with E-state index >= 15 is 0 Å². The molecule has 0 bridgehead atoms. The van der Waals surface area contributed by atoms with E-state index in [1.54, 1.807) is 20.8 Å². The summed E-state index contributed by atoms with van der Waals surface area (Å²) >= 11 is 0. The number of ether oxygens (including phenoxy) is 1. The van der Waals surface area contributed by atoms with Crippen LogP contribution >= 0.6 is 0 Å². The second-order valence-electron chi connectivity index (χ2n) is 6.19. The lowest BCUT2D eigenvalue weighted by molar-refractivity contribution is -0.0948. The second-order valence-corrected chi connectivity index (χ2v) is 6.19. The van der Waals surface area contributed by atoms with Crippen molar-refractivity contribution in [2.45, 2.75) is 78.7 Å². The first-order valence-corrected chi connectivity index (χ1v) is 7.49. The Labute approximate surface area is 118 Å². The molecule has 0 unspecified atom stereocenters. The largest absolute Gasteiger partial charge is 0.442 e. The van der Waals surface area contributed by atoms with Gasteiger partial charge >= 0.3 is 6.09 Å². The van der Waals surface area contributed by atoms with Crippen molar-refractivity contribution in [2.24, 2.45) is 5.92 Å². The number of carbonyl (C=O) groups excluding carboxylic acids is 1. The molecule has 0 saturated heterocycles. The molecule has 0 aromatic heterocycles. The van der Waals surface area contributed by atoms with Gasteiger partial charge in [-0.25, -0.2) is 4.79 Å². The first-order chi connectivity index (χ1) is 8.80. The van der Waals surface area contributed by atoms with Crippen molar-refractivity contribution in [1.82, 2.24) is 5.06 Å². The van der Waals surface area contributed by atoms with Crippen LogP contribution in [-0.2, 0) is 4.74 Å². The Bertz CT molecular complexity index is 242. The summed E-state index contributed by atoms with van der Waals surface area (Å²) in [6, 6.07) is 0. The van der Waals surface area contributed by atoms with E-state index in [1.807, 2.05) is 0 Å². The van der Waals surface area contributed by atoms with Gasteiger partial charge in [-0.2, -0.15) is 5.06 Å². The van der Waals surface area contributed by atoms with Crippen LogP contribution in [0.5, 0.6) is 0 Å². The molecule has 0 rings (SSSR count). The maximum atomic E-state index is 11.5. The Kier molecular flexibility index (Phi) is 8.81. The molecule has 0 radical (unpaired) electrons. The van der Waals surface area contributed by atoms with Crippen molar-refractivity contribution >= 4 is 6.09 Å². The van der Waals surface area contributed by atoms with E-state index in [9.17, 15) is 10.0 Å². The Morgan fingerprint density at radius 1 is 1.16 bits per heavy atom. The van der Waals surface area contributed by atoms with Crippen LogP contribution in [0.1, 0.15) is 73.1 Å². The number of hydroxylamine groups is 2. The van der Waals surface area contributed by atoms with Crippen molar-refractivity contribution in [3.05, 3.63) is 0 Å². The number of hydrogen-bond acceptors (Lipinski definition) is 3. The number of rotatable bonds is 8. The van der Waals surface area contributed by atoms with Crippen molar-refractivity contribution < 1.29 is 14.7 Å². The van der Waals surface area contributed by atoms with Gasteiger partial charge in [-0.05, 0) is 39.5 Å². The fraction of sp³-hybridized carbons (Fsp3) is 0.933. The van der Waals surface area contributed by atoms with E-state index in [4.69, 9.17) is 4.74 Å². The first-order valence-electron chi connectivity index (χ1n) is 7.49. The molecule has 1 N–H and O–H groups in total. The number of nitrogens with zero attached hydrogens (tertiary/aromatic N) is 1. The maximum absolute atomic E-state index is 11.5. The van der Waals surface area contributed by atoms with Crippen LogP contribution in [0, 0.1) is 5.92 Å². The van der Waals surface area contributed by atoms with E-state index in [0.717, 1.165) is 12.8 Å². The standard InChI is InChI=1S/C15H31NO3/c1-6-9-13(10-7-2)11-8-12-16(18)14(17)19-15(3,4)5/h13,18H,6-12H2,1-5H3. The molecule has 114 valence electrons. The lowest BCUT2D eigenvalue weighted by Gasteiger charge is -2.23. The number of hydrogen-bond donors (Lipinski definition) is 1. The summed E-state index contributed by atoms with van der Waals surface area (Å²) in [5.41, 5.74) is -0.564. The zero-order valence-electron chi connectivity index (χ0n) is 13.2. The van der Waals surface area contributed by atoms with E-state index in [0.29, 0.717) is 17.5 Å². The Balaban J connectivity index is 3.94. The predicted molar refractivity (Wildman–Crippen MR) is 77.3 cm³/mol. The molecule has 0 aromatic carbocycles. The number of carbonyl (C=O) groups is 1. The Morgan fingerprint density at radius 3 is 2.11 bits per heavy atom. The SMILES string of the molecule is CCCC(CCC)CCCN(O)C(=O)OC(C)(C)C. The fourth-order valence-electron chi connectivity index (χ4n) is 2.19. The van der Waals surface area contributed by atoms with Crippen molar-refractivity contribution in [3.63, 3.8) is 0 Å².